The van der Waals surface area contributed by atoms with E-state index < -0.39 is 0 Å². The first kappa shape index (κ1) is 28.9. The standard InChI is InChI=1S/C20H14BN.2C5H5.2ClH.Zr/c21-22(19-13-5-9-15-7-1-3-11-17(15)19)20-14-6-10-16-8-2-4-12-18(16)20;2*1-2-4-5-3-1;;;/h1-14H;2*1-3H,4H2;2*1H;/q;2*-1;;;+2/p-2. The van der Waals surface area contributed by atoms with E-state index in [0.717, 1.165) is 12.8 Å². The predicted octanol–water partition coefficient (Wildman–Crippen LogP) is 1.83. The Morgan fingerprint density at radius 3 is 1.37 bits per heavy atom. The molecule has 6 rings (SSSR count). The monoisotopic (exact) mass is 569 g/mol. The van der Waals surface area contributed by atoms with Gasteiger partial charge in [-0.25, -0.2) is 24.3 Å². The molecule has 172 valence electrons. The first-order valence-corrected chi connectivity index (χ1v) is 12.5. The van der Waals surface area contributed by atoms with Crippen LogP contribution in [-0.2, 0) is 24.0 Å². The molecule has 0 atom stereocenters. The molecule has 35 heavy (non-hydrogen) atoms. The van der Waals surface area contributed by atoms with Crippen molar-refractivity contribution in [1.29, 1.82) is 0 Å². The summed E-state index contributed by atoms with van der Waals surface area (Å²) in [6, 6.07) is 30.1. The second-order valence-corrected chi connectivity index (χ2v) is 8.14. The maximum absolute atomic E-state index is 2.99. The number of benzene rings is 4. The maximum atomic E-state index is 2.99. The van der Waals surface area contributed by atoms with Gasteiger partial charge in [0.05, 0.1) is 0 Å². The van der Waals surface area contributed by atoms with Gasteiger partial charge in [-0.05, 0) is 0 Å². The van der Waals surface area contributed by atoms with Gasteiger partial charge in [0.25, 0.3) is 0 Å². The molecule has 0 amide bonds. The Hall–Kier alpha value is -2.31. The van der Waals surface area contributed by atoms with Crippen LogP contribution in [0.5, 0.6) is 0 Å². The summed E-state index contributed by atoms with van der Waals surface area (Å²) in [6.45, 7) is 0. The first-order chi connectivity index (χ1) is 16.4. The Bertz CT molecular complexity index is 1230. The van der Waals surface area contributed by atoms with Gasteiger partial charge in [-0.15, -0.1) is 12.8 Å². The average molecular weight is 571 g/mol. The van der Waals surface area contributed by atoms with E-state index in [9.17, 15) is 0 Å². The summed E-state index contributed by atoms with van der Waals surface area (Å²) in [5.74, 6) is 0. The molecule has 2 aliphatic rings. The summed E-state index contributed by atoms with van der Waals surface area (Å²) in [7, 11) is 0. The average Bonchev–Trinajstić information content (AvgIpc) is 3.65. The third-order valence-electron chi connectivity index (χ3n) is 5.35. The van der Waals surface area contributed by atoms with Gasteiger partial charge in [0.1, 0.15) is 0 Å². The number of halogens is 2. The molecule has 0 bridgehead atoms. The summed E-state index contributed by atoms with van der Waals surface area (Å²) in [4.78, 5) is 2.32. The van der Waals surface area contributed by atoms with Gasteiger partial charge < -0.3 is 24.8 Å². The Labute approximate surface area is 236 Å². The molecule has 0 aromatic heterocycles. The van der Waals surface area contributed by atoms with Crippen LogP contribution in [0.1, 0.15) is 12.8 Å². The number of nitrogens with zero attached hydrogens (tertiary/aromatic N) is 1. The molecule has 0 N–H and O–H groups in total. The van der Waals surface area contributed by atoms with Crippen LogP contribution in [0, 0.1) is 12.2 Å². The van der Waals surface area contributed by atoms with Crippen molar-refractivity contribution in [2.75, 3.05) is 4.81 Å². The number of fused-ring (bicyclic) bond motifs is 2. The molecule has 4 aromatic carbocycles. The number of rotatable bonds is 3. The van der Waals surface area contributed by atoms with Crippen molar-refractivity contribution in [3.05, 3.63) is 134 Å². The van der Waals surface area contributed by atoms with Crippen molar-refractivity contribution in [2.45, 2.75) is 12.8 Å². The fraction of sp³-hybridized carbons (Fsp3) is 0.0667. The van der Waals surface area contributed by atoms with Crippen molar-refractivity contribution >= 4 is 37.4 Å². The van der Waals surface area contributed by atoms with Gasteiger partial charge >= 0.3 is 151 Å². The second-order valence-electron chi connectivity index (χ2n) is 7.50. The SMILES string of the molecule is [C-]1=CC=CC1.[C-]1=CC=CC1.[Cl-].[Cl-].[Zr+2]=[B]N(c1cccc2ccccc12)c1cccc2ccccc12. The van der Waals surface area contributed by atoms with Crippen molar-refractivity contribution in [3.8, 4) is 0 Å². The molecule has 0 aliphatic heterocycles. The van der Waals surface area contributed by atoms with Gasteiger partial charge in [-0.2, -0.15) is 12.2 Å². The van der Waals surface area contributed by atoms with Gasteiger partial charge in [0, 0.05) is 0 Å². The fourth-order valence-electron chi connectivity index (χ4n) is 3.79. The molecule has 0 saturated heterocycles. The normalized spacial score (nSPS) is 12.1. The van der Waals surface area contributed by atoms with Crippen LogP contribution in [0.25, 0.3) is 21.5 Å². The zero-order chi connectivity index (χ0) is 22.7. The minimum atomic E-state index is 0. The quantitative estimate of drug-likeness (QED) is 0.268. The molecule has 2 aliphatic carbocycles. The van der Waals surface area contributed by atoms with Crippen molar-refractivity contribution < 1.29 is 48.8 Å². The van der Waals surface area contributed by atoms with Crippen molar-refractivity contribution in [1.82, 2.24) is 0 Å². The Kier molecular flexibility index (Phi) is 12.9. The summed E-state index contributed by atoms with van der Waals surface area (Å²) in [6.07, 6.45) is 20.0. The fourth-order valence-corrected chi connectivity index (χ4v) is 4.47. The van der Waals surface area contributed by atoms with Crippen LogP contribution >= 0.6 is 0 Å². The molecule has 0 radical (unpaired) electrons. The van der Waals surface area contributed by atoms with E-state index in [4.69, 9.17) is 0 Å². The Balaban J connectivity index is 0.000000300. The van der Waals surface area contributed by atoms with Crippen LogP contribution in [0.4, 0.5) is 11.4 Å². The van der Waals surface area contributed by atoms with E-state index in [0.29, 0.717) is 0 Å². The van der Waals surface area contributed by atoms with Gasteiger partial charge in [-0.3, -0.25) is 12.2 Å². The molecule has 0 spiro atoms. The zero-order valence-corrected chi connectivity index (χ0v) is 23.2. The van der Waals surface area contributed by atoms with Crippen LogP contribution in [0.3, 0.4) is 0 Å². The van der Waals surface area contributed by atoms with E-state index >= 15 is 0 Å². The van der Waals surface area contributed by atoms with Crippen LogP contribution in [-0.4, -0.2) is 4.51 Å². The molecule has 0 saturated carbocycles. The third kappa shape index (κ3) is 7.84. The minimum absolute atomic E-state index is 0. The molecular weight excluding hydrogens is 547 g/mol. The molecule has 0 fully saturated rings. The molecule has 5 heteroatoms. The van der Waals surface area contributed by atoms with Crippen LogP contribution in [0.2, 0.25) is 0 Å². The summed E-state index contributed by atoms with van der Waals surface area (Å²) in [5.41, 5.74) is 2.47. The first-order valence-electron chi connectivity index (χ1n) is 11.1. The molecule has 4 aromatic rings. The molecule has 0 heterocycles. The predicted molar refractivity (Wildman–Crippen MR) is 139 cm³/mol. The Morgan fingerprint density at radius 2 is 1.03 bits per heavy atom. The van der Waals surface area contributed by atoms with E-state index in [-0.39, 0.29) is 24.8 Å². The van der Waals surface area contributed by atoms with E-state index in [1.54, 1.807) is 0 Å². The third-order valence-corrected chi connectivity index (χ3v) is 5.99. The van der Waals surface area contributed by atoms with Gasteiger partial charge in [0.2, 0.25) is 0 Å². The molecular formula is C30H24BCl2NZr-2. The van der Waals surface area contributed by atoms with Crippen molar-refractivity contribution in [3.63, 3.8) is 0 Å². The number of anilines is 2. The number of allylic oxidation sites excluding steroid dienone is 8. The second kappa shape index (κ2) is 15.6. The van der Waals surface area contributed by atoms with E-state index in [1.807, 2.05) is 24.3 Å². The number of hydrogen-bond acceptors (Lipinski definition) is 1. The van der Waals surface area contributed by atoms with Crippen LogP contribution < -0.4 is 29.6 Å². The van der Waals surface area contributed by atoms with Gasteiger partial charge in [-0.1, -0.05) is 0 Å². The summed E-state index contributed by atoms with van der Waals surface area (Å²) in [5, 5.41) is 5.10. The van der Waals surface area contributed by atoms with E-state index in [2.05, 4.69) is 119 Å². The topological polar surface area (TPSA) is 3.24 Å². The Morgan fingerprint density at radius 1 is 0.600 bits per heavy atom. The van der Waals surface area contributed by atoms with Gasteiger partial charge in [0.15, 0.2) is 0 Å². The number of hydrogen-bond donors (Lipinski definition) is 0. The van der Waals surface area contributed by atoms with Crippen molar-refractivity contribution in [2.24, 2.45) is 0 Å². The van der Waals surface area contributed by atoms with E-state index in [1.165, 1.54) is 56.9 Å². The summed E-state index contributed by atoms with van der Waals surface area (Å²) < 4.78 is 2.23. The van der Waals surface area contributed by atoms with Crippen LogP contribution in [0.15, 0.2) is 121 Å². The zero-order valence-electron chi connectivity index (χ0n) is 19.2. The molecule has 1 nitrogen and oxygen atoms in total. The molecule has 0 unspecified atom stereocenters. The summed E-state index contributed by atoms with van der Waals surface area (Å²) >= 11 is 1.38.